The zero-order chi connectivity index (χ0) is 18.8. The van der Waals surface area contributed by atoms with Gasteiger partial charge >= 0.3 is 0 Å². The van der Waals surface area contributed by atoms with Crippen LogP contribution in [0, 0.1) is 12.8 Å². The van der Waals surface area contributed by atoms with Crippen LogP contribution in [0.3, 0.4) is 0 Å². The van der Waals surface area contributed by atoms with Crippen molar-refractivity contribution in [1.29, 1.82) is 0 Å². The molecule has 0 N–H and O–H groups in total. The van der Waals surface area contributed by atoms with Crippen molar-refractivity contribution in [1.82, 2.24) is 4.90 Å². The molecule has 0 bridgehead atoms. The van der Waals surface area contributed by atoms with E-state index in [1.165, 1.54) is 16.7 Å². The molecule has 2 aliphatic heterocycles. The molecule has 0 aliphatic carbocycles. The van der Waals surface area contributed by atoms with Crippen LogP contribution in [0.5, 0.6) is 0 Å². The predicted molar refractivity (Wildman–Crippen MR) is 107 cm³/mol. The number of rotatable bonds is 4. The van der Waals surface area contributed by atoms with Crippen molar-refractivity contribution in [3.8, 4) is 0 Å². The fourth-order valence-corrected chi connectivity index (χ4v) is 4.24. The van der Waals surface area contributed by atoms with Crippen LogP contribution >= 0.6 is 0 Å². The fraction of sp³-hybridized carbons (Fsp3) is 0.391. The lowest BCUT2D eigenvalue weighted by Gasteiger charge is -2.31. The maximum Gasteiger partial charge on any atom is 0.232 e. The highest BCUT2D eigenvalue weighted by atomic mass is 16.2. The minimum atomic E-state index is -0.222. The molecule has 2 aliphatic rings. The van der Waals surface area contributed by atoms with Gasteiger partial charge in [0.05, 0.1) is 5.92 Å². The van der Waals surface area contributed by atoms with Gasteiger partial charge in [0, 0.05) is 31.7 Å². The largest absolute Gasteiger partial charge is 0.342 e. The van der Waals surface area contributed by atoms with E-state index in [1.807, 2.05) is 28.0 Å². The summed E-state index contributed by atoms with van der Waals surface area (Å²) in [6.07, 6.45) is 3.18. The van der Waals surface area contributed by atoms with E-state index in [4.69, 9.17) is 0 Å². The monoisotopic (exact) mass is 362 g/mol. The Morgan fingerprint density at radius 1 is 1.15 bits per heavy atom. The van der Waals surface area contributed by atoms with Gasteiger partial charge in [-0.15, -0.1) is 0 Å². The zero-order valence-electron chi connectivity index (χ0n) is 15.9. The molecule has 4 nitrogen and oxygen atoms in total. The average molecular weight is 362 g/mol. The van der Waals surface area contributed by atoms with Crippen molar-refractivity contribution in [3.63, 3.8) is 0 Å². The van der Waals surface area contributed by atoms with Gasteiger partial charge in [0.25, 0.3) is 0 Å². The highest BCUT2D eigenvalue weighted by molar-refractivity contribution is 5.99. The predicted octanol–water partition coefficient (Wildman–Crippen LogP) is 3.37. The van der Waals surface area contributed by atoms with Gasteiger partial charge in [-0.05, 0) is 43.4 Å². The molecule has 1 atom stereocenters. The Bertz CT molecular complexity index is 847. The maximum absolute atomic E-state index is 13.2. The first-order valence-corrected chi connectivity index (χ1v) is 9.84. The number of fused-ring (bicyclic) bond motifs is 1. The highest BCUT2D eigenvalue weighted by Gasteiger charge is 2.37. The summed E-state index contributed by atoms with van der Waals surface area (Å²) in [4.78, 5) is 29.4. The molecule has 2 heterocycles. The summed E-state index contributed by atoms with van der Waals surface area (Å²) in [6.45, 7) is 4.06. The van der Waals surface area contributed by atoms with E-state index < -0.39 is 0 Å². The van der Waals surface area contributed by atoms with Gasteiger partial charge in [-0.1, -0.05) is 48.0 Å². The molecule has 27 heavy (non-hydrogen) atoms. The first kappa shape index (κ1) is 17.8. The molecule has 4 rings (SSSR count). The number of benzene rings is 2. The second-order valence-electron chi connectivity index (χ2n) is 7.70. The lowest BCUT2D eigenvalue weighted by atomic mass is 9.97. The van der Waals surface area contributed by atoms with Crippen LogP contribution in [0.15, 0.2) is 48.5 Å². The van der Waals surface area contributed by atoms with Crippen molar-refractivity contribution in [2.45, 2.75) is 32.6 Å². The summed E-state index contributed by atoms with van der Waals surface area (Å²) in [6, 6.07) is 16.5. The first-order chi connectivity index (χ1) is 13.1. The van der Waals surface area contributed by atoms with Crippen LogP contribution in [0.4, 0.5) is 5.69 Å². The molecule has 2 aromatic carbocycles. The van der Waals surface area contributed by atoms with Gasteiger partial charge in [0.15, 0.2) is 0 Å². The summed E-state index contributed by atoms with van der Waals surface area (Å²) < 4.78 is 0. The molecule has 1 fully saturated rings. The zero-order valence-corrected chi connectivity index (χ0v) is 15.9. The SMILES string of the molecule is Cc1ccc2c(c1)CCCN2C(=O)C1CC(=O)N(CCc2ccccc2)C1. The second-order valence-corrected chi connectivity index (χ2v) is 7.70. The molecular formula is C23H26N2O2. The number of likely N-dealkylation sites (tertiary alicyclic amines) is 1. The summed E-state index contributed by atoms with van der Waals surface area (Å²) in [5, 5.41) is 0. The number of amides is 2. The topological polar surface area (TPSA) is 40.6 Å². The van der Waals surface area contributed by atoms with E-state index in [0.29, 0.717) is 19.5 Å². The molecular weight excluding hydrogens is 336 g/mol. The minimum Gasteiger partial charge on any atom is -0.342 e. The Morgan fingerprint density at radius 3 is 2.78 bits per heavy atom. The van der Waals surface area contributed by atoms with Gasteiger partial charge in [-0.25, -0.2) is 0 Å². The van der Waals surface area contributed by atoms with Gasteiger partial charge in [0.1, 0.15) is 0 Å². The summed E-state index contributed by atoms with van der Waals surface area (Å²) in [7, 11) is 0. The quantitative estimate of drug-likeness (QED) is 0.837. The highest BCUT2D eigenvalue weighted by Crippen LogP contribution is 2.31. The van der Waals surface area contributed by atoms with Crippen molar-refractivity contribution in [3.05, 3.63) is 65.2 Å². The number of anilines is 1. The molecule has 140 valence electrons. The number of hydrogen-bond donors (Lipinski definition) is 0. The smallest absolute Gasteiger partial charge is 0.232 e. The first-order valence-electron chi connectivity index (χ1n) is 9.84. The van der Waals surface area contributed by atoms with Crippen LogP contribution < -0.4 is 4.90 Å². The van der Waals surface area contributed by atoms with Crippen molar-refractivity contribution in [2.24, 2.45) is 5.92 Å². The lowest BCUT2D eigenvalue weighted by molar-refractivity contribution is -0.128. The van der Waals surface area contributed by atoms with Crippen LogP contribution in [-0.2, 0) is 22.4 Å². The summed E-state index contributed by atoms with van der Waals surface area (Å²) in [5.74, 6) is -0.0127. The Labute approximate surface area is 160 Å². The van der Waals surface area contributed by atoms with E-state index >= 15 is 0 Å². The minimum absolute atomic E-state index is 0.102. The third-order valence-corrected chi connectivity index (χ3v) is 5.70. The Kier molecular flexibility index (Phi) is 4.97. The number of carbonyl (C=O) groups is 2. The van der Waals surface area contributed by atoms with Gasteiger partial charge in [-0.3, -0.25) is 9.59 Å². The standard InChI is InChI=1S/C23H26N2O2/c1-17-9-10-21-19(14-17)8-5-12-25(21)23(27)20-15-22(26)24(16-20)13-11-18-6-3-2-4-7-18/h2-4,6-7,9-10,14,20H,5,8,11-13,15-16H2,1H3. The van der Waals surface area contributed by atoms with Crippen LogP contribution in [0.2, 0.25) is 0 Å². The van der Waals surface area contributed by atoms with Gasteiger partial charge in [-0.2, -0.15) is 0 Å². The molecule has 2 aromatic rings. The second kappa shape index (κ2) is 7.55. The Balaban J connectivity index is 1.43. The number of carbonyl (C=O) groups excluding carboxylic acids is 2. The average Bonchev–Trinajstić information content (AvgIpc) is 3.06. The Hall–Kier alpha value is -2.62. The van der Waals surface area contributed by atoms with Crippen molar-refractivity contribution < 1.29 is 9.59 Å². The van der Waals surface area contributed by atoms with E-state index in [0.717, 1.165) is 31.5 Å². The number of nitrogens with zero attached hydrogens (tertiary/aromatic N) is 2. The Morgan fingerprint density at radius 2 is 1.96 bits per heavy atom. The molecule has 1 saturated heterocycles. The van der Waals surface area contributed by atoms with Crippen LogP contribution in [0.25, 0.3) is 0 Å². The molecule has 4 heteroatoms. The molecule has 0 aromatic heterocycles. The fourth-order valence-electron chi connectivity index (χ4n) is 4.24. The van der Waals surface area contributed by atoms with E-state index in [-0.39, 0.29) is 17.7 Å². The van der Waals surface area contributed by atoms with E-state index in [9.17, 15) is 9.59 Å². The lowest BCUT2D eigenvalue weighted by Crippen LogP contribution is -2.40. The van der Waals surface area contributed by atoms with Crippen LogP contribution in [0.1, 0.15) is 29.5 Å². The van der Waals surface area contributed by atoms with Crippen molar-refractivity contribution >= 4 is 17.5 Å². The van der Waals surface area contributed by atoms with E-state index in [2.05, 4.69) is 37.3 Å². The number of hydrogen-bond acceptors (Lipinski definition) is 2. The molecule has 2 amide bonds. The summed E-state index contributed by atoms with van der Waals surface area (Å²) >= 11 is 0. The van der Waals surface area contributed by atoms with E-state index in [1.54, 1.807) is 0 Å². The van der Waals surface area contributed by atoms with Gasteiger partial charge < -0.3 is 9.80 Å². The maximum atomic E-state index is 13.2. The third-order valence-electron chi connectivity index (χ3n) is 5.70. The van der Waals surface area contributed by atoms with Crippen LogP contribution in [-0.4, -0.2) is 36.3 Å². The third kappa shape index (κ3) is 3.75. The number of aryl methyl sites for hydroxylation is 2. The summed E-state index contributed by atoms with van der Waals surface area (Å²) in [5.41, 5.74) is 4.73. The molecule has 1 unspecified atom stereocenters. The van der Waals surface area contributed by atoms with Crippen molar-refractivity contribution in [2.75, 3.05) is 24.5 Å². The molecule has 0 radical (unpaired) electrons. The molecule has 0 spiro atoms. The normalized spacial score (nSPS) is 19.3. The van der Waals surface area contributed by atoms with Gasteiger partial charge in [0.2, 0.25) is 11.8 Å². The molecule has 0 saturated carbocycles.